The van der Waals surface area contributed by atoms with Gasteiger partial charge in [-0.05, 0) is 24.3 Å². The molecule has 1 N–H and O–H groups in total. The molecule has 9 heteroatoms. The van der Waals surface area contributed by atoms with Crippen LogP contribution in [0.25, 0.3) is 10.9 Å². The molecule has 0 unspecified atom stereocenters. The van der Waals surface area contributed by atoms with E-state index in [0.29, 0.717) is 10.9 Å². The lowest BCUT2D eigenvalue weighted by Crippen LogP contribution is -2.35. The van der Waals surface area contributed by atoms with E-state index in [0.717, 1.165) is 0 Å². The van der Waals surface area contributed by atoms with Crippen molar-refractivity contribution in [3.05, 3.63) is 69.7 Å². The molecule has 0 aliphatic rings. The van der Waals surface area contributed by atoms with Crippen LogP contribution in [0, 0.1) is 0 Å². The number of hydrogen-bond acceptors (Lipinski definition) is 5. The summed E-state index contributed by atoms with van der Waals surface area (Å²) in [6.45, 7) is 0.152. The number of hydrogen-bond donors (Lipinski definition) is 1. The number of sulfonamides is 1. The minimum Gasteiger partial charge on any atom is -0.383 e. The predicted molar refractivity (Wildman–Crippen MR) is 103 cm³/mol. The fourth-order valence-electron chi connectivity index (χ4n) is 2.65. The van der Waals surface area contributed by atoms with Crippen molar-refractivity contribution in [2.75, 3.05) is 20.3 Å². The van der Waals surface area contributed by atoms with E-state index in [1.807, 2.05) is 0 Å². The van der Waals surface area contributed by atoms with Crippen molar-refractivity contribution >= 4 is 32.5 Å². The highest BCUT2D eigenvalue weighted by atomic mass is 35.5. The second-order valence-corrected chi connectivity index (χ2v) is 8.11. The van der Waals surface area contributed by atoms with E-state index in [1.165, 1.54) is 23.5 Å². The van der Waals surface area contributed by atoms with Crippen LogP contribution in [0.2, 0.25) is 5.02 Å². The quantitative estimate of drug-likeness (QED) is 0.649. The summed E-state index contributed by atoms with van der Waals surface area (Å²) in [6, 6.07) is 13.1. The number of methoxy groups -OCH3 is 1. The molecule has 0 saturated heterocycles. The minimum atomic E-state index is -3.91. The molecule has 27 heavy (non-hydrogen) atoms. The fraction of sp³-hybridized carbons (Fsp3) is 0.222. The molecule has 2 aromatic carbocycles. The van der Waals surface area contributed by atoms with Gasteiger partial charge in [0.15, 0.2) is 0 Å². The number of aromatic nitrogens is 2. The number of nitrogens with zero attached hydrogens (tertiary/aromatic N) is 2. The molecule has 0 spiro atoms. The minimum absolute atomic E-state index is 0.00842. The Balaban J connectivity index is 2.01. The topological polar surface area (TPSA) is 92.4 Å². The van der Waals surface area contributed by atoms with Gasteiger partial charge >= 0.3 is 0 Å². The summed E-state index contributed by atoms with van der Waals surface area (Å²) in [5.41, 5.74) is 0.176. The average molecular weight is 408 g/mol. The molecule has 0 radical (unpaired) electrons. The van der Waals surface area contributed by atoms with Gasteiger partial charge in [-0.3, -0.25) is 4.79 Å². The fourth-order valence-corrected chi connectivity index (χ4v) is 4.53. The van der Waals surface area contributed by atoms with Gasteiger partial charge in [0, 0.05) is 13.7 Å². The van der Waals surface area contributed by atoms with Crippen LogP contribution in [0.3, 0.4) is 0 Å². The van der Waals surface area contributed by atoms with E-state index in [9.17, 15) is 13.2 Å². The van der Waals surface area contributed by atoms with Crippen LogP contribution in [0.15, 0.2) is 58.2 Å². The Morgan fingerprint density at radius 3 is 2.59 bits per heavy atom. The molecule has 0 fully saturated rings. The Kier molecular flexibility index (Phi) is 5.91. The number of nitrogens with one attached hydrogen (secondary N) is 1. The second-order valence-electron chi connectivity index (χ2n) is 5.79. The third-order valence-corrected chi connectivity index (χ3v) is 6.33. The van der Waals surface area contributed by atoms with Crippen molar-refractivity contribution in [1.29, 1.82) is 0 Å². The lowest BCUT2D eigenvalue weighted by atomic mass is 10.2. The first-order valence-corrected chi connectivity index (χ1v) is 9.97. The summed E-state index contributed by atoms with van der Waals surface area (Å²) in [6.07, 6.45) is 0. The summed E-state index contributed by atoms with van der Waals surface area (Å²) in [5.74, 6) is 0.241. The average Bonchev–Trinajstić information content (AvgIpc) is 2.65. The van der Waals surface area contributed by atoms with Crippen LogP contribution in [0.5, 0.6) is 0 Å². The van der Waals surface area contributed by atoms with Gasteiger partial charge < -0.3 is 9.72 Å². The maximum Gasteiger partial charge on any atom is 0.258 e. The van der Waals surface area contributed by atoms with Crippen molar-refractivity contribution in [2.45, 2.75) is 11.4 Å². The first-order chi connectivity index (χ1) is 12.9. The number of ether oxygens (including phenoxy) is 1. The molecular formula is C18H18ClN3O4S. The Hall–Kier alpha value is -2.26. The highest BCUT2D eigenvalue weighted by molar-refractivity contribution is 7.89. The standard InChI is InChI=1S/C18H18ClN3O4S/c1-26-11-10-22(27(24,25)16-9-5-3-7-14(16)19)12-17-20-15-8-4-2-6-13(15)18(23)21-17/h2-9H,10-12H2,1H3,(H,20,21,23). The number of rotatable bonds is 7. The molecular weight excluding hydrogens is 390 g/mol. The maximum atomic E-state index is 13.1. The zero-order chi connectivity index (χ0) is 19.4. The van der Waals surface area contributed by atoms with Crippen molar-refractivity contribution in [3.8, 4) is 0 Å². The molecule has 0 bridgehead atoms. The van der Waals surface area contributed by atoms with Crippen molar-refractivity contribution < 1.29 is 13.2 Å². The van der Waals surface area contributed by atoms with E-state index in [4.69, 9.17) is 16.3 Å². The van der Waals surface area contributed by atoms with Crippen LogP contribution >= 0.6 is 11.6 Å². The summed E-state index contributed by atoms with van der Waals surface area (Å²) < 4.78 is 32.4. The maximum absolute atomic E-state index is 13.1. The van der Waals surface area contributed by atoms with Crippen LogP contribution in [-0.2, 0) is 21.3 Å². The molecule has 0 amide bonds. The van der Waals surface area contributed by atoms with Crippen molar-refractivity contribution in [1.82, 2.24) is 14.3 Å². The molecule has 3 rings (SSSR count). The van der Waals surface area contributed by atoms with Crippen LogP contribution in [0.1, 0.15) is 5.82 Å². The first-order valence-electron chi connectivity index (χ1n) is 8.15. The molecule has 0 atom stereocenters. The van der Waals surface area contributed by atoms with Gasteiger partial charge in [-0.2, -0.15) is 4.31 Å². The molecule has 1 heterocycles. The summed E-state index contributed by atoms with van der Waals surface area (Å²) in [4.78, 5) is 19.3. The number of H-pyrrole nitrogens is 1. The molecule has 0 aliphatic carbocycles. The predicted octanol–water partition coefficient (Wildman–Crippen LogP) is 2.41. The van der Waals surface area contributed by atoms with E-state index in [2.05, 4.69) is 9.97 Å². The second kappa shape index (κ2) is 8.18. The van der Waals surface area contributed by atoms with E-state index >= 15 is 0 Å². The normalized spacial score (nSPS) is 12.0. The monoisotopic (exact) mass is 407 g/mol. The molecule has 7 nitrogen and oxygen atoms in total. The van der Waals surface area contributed by atoms with Crippen LogP contribution in [-0.4, -0.2) is 43.0 Å². The van der Waals surface area contributed by atoms with E-state index in [1.54, 1.807) is 36.4 Å². The Morgan fingerprint density at radius 2 is 1.85 bits per heavy atom. The first kappa shape index (κ1) is 19.5. The number of aromatic amines is 1. The Bertz CT molecular complexity index is 1110. The molecule has 1 aromatic heterocycles. The zero-order valence-corrected chi connectivity index (χ0v) is 16.1. The largest absolute Gasteiger partial charge is 0.383 e. The van der Waals surface area contributed by atoms with Gasteiger partial charge in [-0.15, -0.1) is 0 Å². The van der Waals surface area contributed by atoms with Gasteiger partial charge in [0.25, 0.3) is 5.56 Å². The lowest BCUT2D eigenvalue weighted by molar-refractivity contribution is 0.176. The molecule has 0 aliphatic heterocycles. The van der Waals surface area contributed by atoms with Gasteiger partial charge in [0.05, 0.1) is 29.1 Å². The summed E-state index contributed by atoms with van der Waals surface area (Å²) in [5, 5.41) is 0.568. The smallest absolute Gasteiger partial charge is 0.258 e. The number of halogens is 1. The summed E-state index contributed by atoms with van der Waals surface area (Å²) in [7, 11) is -2.43. The summed E-state index contributed by atoms with van der Waals surface area (Å²) >= 11 is 6.08. The van der Waals surface area contributed by atoms with Crippen molar-refractivity contribution in [2.24, 2.45) is 0 Å². The number of fused-ring (bicyclic) bond motifs is 1. The van der Waals surface area contributed by atoms with Gasteiger partial charge in [-0.1, -0.05) is 35.9 Å². The Labute approximate surface area is 161 Å². The zero-order valence-electron chi connectivity index (χ0n) is 14.6. The van der Waals surface area contributed by atoms with Gasteiger partial charge in [-0.25, -0.2) is 13.4 Å². The third-order valence-electron chi connectivity index (χ3n) is 3.99. The number of para-hydroxylation sites is 1. The SMILES string of the molecule is COCCN(Cc1nc2ccccc2c(=O)[nH]1)S(=O)(=O)c1ccccc1Cl. The van der Waals surface area contributed by atoms with Crippen LogP contribution < -0.4 is 5.56 Å². The van der Waals surface area contributed by atoms with Crippen LogP contribution in [0.4, 0.5) is 0 Å². The molecule has 142 valence electrons. The molecule has 3 aromatic rings. The highest BCUT2D eigenvalue weighted by Gasteiger charge is 2.27. The van der Waals surface area contributed by atoms with Gasteiger partial charge in [0.2, 0.25) is 10.0 Å². The van der Waals surface area contributed by atoms with Crippen molar-refractivity contribution in [3.63, 3.8) is 0 Å². The Morgan fingerprint density at radius 1 is 1.15 bits per heavy atom. The van der Waals surface area contributed by atoms with E-state index in [-0.39, 0.29) is 41.0 Å². The number of benzene rings is 2. The highest BCUT2D eigenvalue weighted by Crippen LogP contribution is 2.25. The third kappa shape index (κ3) is 4.19. The van der Waals surface area contributed by atoms with Gasteiger partial charge in [0.1, 0.15) is 10.7 Å². The molecule has 0 saturated carbocycles. The lowest BCUT2D eigenvalue weighted by Gasteiger charge is -2.22. The van der Waals surface area contributed by atoms with E-state index < -0.39 is 10.0 Å².